The first-order chi connectivity index (χ1) is 11.7. The van der Waals surface area contributed by atoms with Gasteiger partial charge in [-0.25, -0.2) is 19.9 Å². The van der Waals surface area contributed by atoms with Crippen LogP contribution in [0, 0.1) is 6.92 Å². The number of pyridine rings is 2. The van der Waals surface area contributed by atoms with Crippen molar-refractivity contribution in [3.63, 3.8) is 0 Å². The SMILES string of the molecule is COc1ccc(-c2nc(-c3cccc(C)n3)nc3c2CCC3)cn1. The average molecular weight is 318 g/mol. The van der Waals surface area contributed by atoms with Gasteiger partial charge in [0.05, 0.1) is 12.8 Å². The van der Waals surface area contributed by atoms with Crippen molar-refractivity contribution in [2.24, 2.45) is 0 Å². The molecule has 24 heavy (non-hydrogen) atoms. The third kappa shape index (κ3) is 2.62. The summed E-state index contributed by atoms with van der Waals surface area (Å²) in [5.74, 6) is 1.29. The second kappa shape index (κ2) is 6.00. The van der Waals surface area contributed by atoms with Crippen LogP contribution >= 0.6 is 0 Å². The summed E-state index contributed by atoms with van der Waals surface area (Å²) < 4.78 is 5.15. The lowest BCUT2D eigenvalue weighted by Crippen LogP contribution is -2.02. The van der Waals surface area contributed by atoms with Gasteiger partial charge in [0.15, 0.2) is 5.82 Å². The number of nitrogens with zero attached hydrogens (tertiary/aromatic N) is 4. The van der Waals surface area contributed by atoms with Crippen LogP contribution in [0.25, 0.3) is 22.8 Å². The summed E-state index contributed by atoms with van der Waals surface area (Å²) in [6.07, 6.45) is 4.93. The number of aromatic nitrogens is 4. The van der Waals surface area contributed by atoms with Crippen LogP contribution in [0.4, 0.5) is 0 Å². The van der Waals surface area contributed by atoms with Crippen molar-refractivity contribution in [1.82, 2.24) is 19.9 Å². The maximum Gasteiger partial charge on any atom is 0.212 e. The van der Waals surface area contributed by atoms with E-state index < -0.39 is 0 Å². The Bertz CT molecular complexity index is 890. The minimum absolute atomic E-state index is 0.602. The fourth-order valence-corrected chi connectivity index (χ4v) is 3.09. The number of aryl methyl sites for hydroxylation is 2. The Hall–Kier alpha value is -2.82. The molecule has 3 heterocycles. The van der Waals surface area contributed by atoms with E-state index in [1.54, 1.807) is 7.11 Å². The molecule has 0 N–H and O–H groups in total. The molecule has 5 heteroatoms. The molecule has 0 bridgehead atoms. The molecule has 0 saturated heterocycles. The Labute approximate surface area is 140 Å². The highest BCUT2D eigenvalue weighted by atomic mass is 16.5. The van der Waals surface area contributed by atoms with Crippen LogP contribution in [0.15, 0.2) is 36.5 Å². The lowest BCUT2D eigenvalue weighted by molar-refractivity contribution is 0.398. The van der Waals surface area contributed by atoms with Gasteiger partial charge in [-0.05, 0) is 44.4 Å². The van der Waals surface area contributed by atoms with E-state index in [9.17, 15) is 0 Å². The number of rotatable bonds is 3. The summed E-state index contributed by atoms with van der Waals surface area (Å²) in [6, 6.07) is 9.79. The summed E-state index contributed by atoms with van der Waals surface area (Å²) in [4.78, 5) is 18.5. The Morgan fingerprint density at radius 3 is 2.67 bits per heavy atom. The van der Waals surface area contributed by atoms with Gasteiger partial charge in [0, 0.05) is 34.8 Å². The van der Waals surface area contributed by atoms with Crippen molar-refractivity contribution >= 4 is 0 Å². The average Bonchev–Trinajstić information content (AvgIpc) is 3.09. The predicted molar refractivity (Wildman–Crippen MR) is 91.8 cm³/mol. The standard InChI is InChI=1S/C19H18N4O/c1-12-5-3-8-16(21-12)19-22-15-7-4-6-14(15)18(23-19)13-9-10-17(24-2)20-11-13/h3,5,8-11H,4,6-7H2,1-2H3. The van der Waals surface area contributed by atoms with Gasteiger partial charge in [-0.15, -0.1) is 0 Å². The van der Waals surface area contributed by atoms with Crippen LogP contribution < -0.4 is 4.74 Å². The third-order valence-electron chi connectivity index (χ3n) is 4.27. The van der Waals surface area contributed by atoms with Crippen molar-refractivity contribution in [2.45, 2.75) is 26.2 Å². The number of methoxy groups -OCH3 is 1. The predicted octanol–water partition coefficient (Wildman–Crippen LogP) is 3.41. The lowest BCUT2D eigenvalue weighted by atomic mass is 10.1. The summed E-state index contributed by atoms with van der Waals surface area (Å²) in [5.41, 5.74) is 6.10. The molecular weight excluding hydrogens is 300 g/mol. The van der Waals surface area contributed by atoms with Crippen LogP contribution in [-0.4, -0.2) is 27.0 Å². The van der Waals surface area contributed by atoms with E-state index in [1.807, 2.05) is 43.5 Å². The molecule has 0 unspecified atom stereocenters. The van der Waals surface area contributed by atoms with Gasteiger partial charge < -0.3 is 4.74 Å². The molecule has 0 radical (unpaired) electrons. The summed E-state index contributed by atoms with van der Waals surface area (Å²) >= 11 is 0. The molecule has 0 aromatic carbocycles. The first-order valence-electron chi connectivity index (χ1n) is 8.09. The van der Waals surface area contributed by atoms with Crippen LogP contribution in [0.1, 0.15) is 23.4 Å². The molecule has 5 nitrogen and oxygen atoms in total. The first-order valence-corrected chi connectivity index (χ1v) is 8.09. The highest BCUT2D eigenvalue weighted by molar-refractivity contribution is 5.67. The van der Waals surface area contributed by atoms with E-state index in [0.717, 1.165) is 47.6 Å². The smallest absolute Gasteiger partial charge is 0.212 e. The molecule has 120 valence electrons. The maximum absolute atomic E-state index is 5.15. The van der Waals surface area contributed by atoms with Gasteiger partial charge in [0.2, 0.25) is 5.88 Å². The molecular formula is C19H18N4O. The van der Waals surface area contributed by atoms with Crippen LogP contribution in [-0.2, 0) is 12.8 Å². The number of hydrogen-bond donors (Lipinski definition) is 0. The second-order valence-electron chi connectivity index (χ2n) is 5.93. The Balaban J connectivity index is 1.86. The van der Waals surface area contributed by atoms with Crippen LogP contribution in [0.3, 0.4) is 0 Å². The largest absolute Gasteiger partial charge is 0.481 e. The second-order valence-corrected chi connectivity index (χ2v) is 5.93. The van der Waals surface area contributed by atoms with Crippen LogP contribution in [0.2, 0.25) is 0 Å². The van der Waals surface area contributed by atoms with E-state index in [0.29, 0.717) is 11.7 Å². The Morgan fingerprint density at radius 1 is 1.00 bits per heavy atom. The topological polar surface area (TPSA) is 60.8 Å². The molecule has 3 aromatic rings. The van der Waals surface area contributed by atoms with Gasteiger partial charge in [-0.2, -0.15) is 0 Å². The molecule has 0 amide bonds. The first kappa shape index (κ1) is 14.8. The Morgan fingerprint density at radius 2 is 1.92 bits per heavy atom. The van der Waals surface area contributed by atoms with Gasteiger partial charge >= 0.3 is 0 Å². The van der Waals surface area contributed by atoms with Gasteiger partial charge in [0.1, 0.15) is 5.69 Å². The van der Waals surface area contributed by atoms with Crippen molar-refractivity contribution in [3.8, 4) is 28.7 Å². The van der Waals surface area contributed by atoms with E-state index in [4.69, 9.17) is 14.7 Å². The minimum Gasteiger partial charge on any atom is -0.481 e. The van der Waals surface area contributed by atoms with Crippen molar-refractivity contribution < 1.29 is 4.74 Å². The molecule has 4 rings (SSSR count). The zero-order valence-electron chi connectivity index (χ0n) is 13.8. The molecule has 0 fully saturated rings. The number of fused-ring (bicyclic) bond motifs is 1. The van der Waals surface area contributed by atoms with Gasteiger partial charge in [-0.3, -0.25) is 0 Å². The van der Waals surface area contributed by atoms with Gasteiger partial charge in [0.25, 0.3) is 0 Å². The van der Waals surface area contributed by atoms with E-state index in [2.05, 4.69) is 9.97 Å². The van der Waals surface area contributed by atoms with E-state index in [-0.39, 0.29) is 0 Å². The molecule has 3 aromatic heterocycles. The molecule has 0 spiro atoms. The quantitative estimate of drug-likeness (QED) is 0.740. The monoisotopic (exact) mass is 318 g/mol. The van der Waals surface area contributed by atoms with Crippen molar-refractivity contribution in [2.75, 3.05) is 7.11 Å². The van der Waals surface area contributed by atoms with E-state index >= 15 is 0 Å². The van der Waals surface area contributed by atoms with E-state index in [1.165, 1.54) is 5.56 Å². The zero-order chi connectivity index (χ0) is 16.5. The van der Waals surface area contributed by atoms with Crippen molar-refractivity contribution in [3.05, 3.63) is 53.5 Å². The third-order valence-corrected chi connectivity index (χ3v) is 4.27. The molecule has 1 aliphatic carbocycles. The molecule has 0 saturated carbocycles. The van der Waals surface area contributed by atoms with Gasteiger partial charge in [-0.1, -0.05) is 6.07 Å². The number of ether oxygens (including phenoxy) is 1. The summed E-state index contributed by atoms with van der Waals surface area (Å²) in [5, 5.41) is 0. The fraction of sp³-hybridized carbons (Fsp3) is 0.263. The molecule has 1 aliphatic rings. The zero-order valence-corrected chi connectivity index (χ0v) is 13.8. The van der Waals surface area contributed by atoms with Crippen molar-refractivity contribution in [1.29, 1.82) is 0 Å². The Kier molecular flexibility index (Phi) is 3.69. The highest BCUT2D eigenvalue weighted by Crippen LogP contribution is 2.32. The maximum atomic E-state index is 5.15. The highest BCUT2D eigenvalue weighted by Gasteiger charge is 2.21. The summed E-state index contributed by atoms with van der Waals surface area (Å²) in [6.45, 7) is 1.98. The lowest BCUT2D eigenvalue weighted by Gasteiger charge is -2.10. The fourth-order valence-electron chi connectivity index (χ4n) is 3.09. The normalized spacial score (nSPS) is 12.9. The minimum atomic E-state index is 0.602. The number of hydrogen-bond acceptors (Lipinski definition) is 5. The summed E-state index contributed by atoms with van der Waals surface area (Å²) in [7, 11) is 1.62. The van der Waals surface area contributed by atoms with Crippen LogP contribution in [0.5, 0.6) is 5.88 Å². The molecule has 0 atom stereocenters. The molecule has 0 aliphatic heterocycles.